The summed E-state index contributed by atoms with van der Waals surface area (Å²) < 4.78 is 26.3. The fourth-order valence-electron chi connectivity index (χ4n) is 1.68. The average Bonchev–Trinajstić information content (AvgIpc) is 2.48. The van der Waals surface area contributed by atoms with Crippen LogP contribution in [-0.2, 0) is 0 Å². The quantitative estimate of drug-likeness (QED) is 0.889. The zero-order valence-electron chi connectivity index (χ0n) is 11.5. The highest BCUT2D eigenvalue weighted by Crippen LogP contribution is 2.20. The zero-order chi connectivity index (χ0) is 15.2. The first kappa shape index (κ1) is 14.9. The number of benzene rings is 1. The maximum atomic E-state index is 13.5. The molecule has 0 bridgehead atoms. The topological polar surface area (TPSA) is 54.0 Å². The first-order valence-electron chi connectivity index (χ1n) is 6.56. The molecule has 0 aliphatic rings. The number of anilines is 2. The third-order valence-corrected chi connectivity index (χ3v) is 2.74. The summed E-state index contributed by atoms with van der Waals surface area (Å²) >= 11 is 0. The summed E-state index contributed by atoms with van der Waals surface area (Å²) in [6.45, 7) is 2.54. The lowest BCUT2D eigenvalue weighted by molar-refractivity contribution is 0.0948. The van der Waals surface area contributed by atoms with E-state index >= 15 is 0 Å². The van der Waals surface area contributed by atoms with Crippen LogP contribution in [0, 0.1) is 11.6 Å². The van der Waals surface area contributed by atoms with Gasteiger partial charge in [-0.25, -0.2) is 13.8 Å². The van der Waals surface area contributed by atoms with Gasteiger partial charge in [0.15, 0.2) is 0 Å². The predicted octanol–water partition coefficient (Wildman–Crippen LogP) is 3.24. The minimum Gasteiger partial charge on any atom is -0.352 e. The lowest BCUT2D eigenvalue weighted by atomic mass is 10.2. The number of pyridine rings is 1. The molecule has 2 rings (SSSR count). The van der Waals surface area contributed by atoms with Crippen molar-refractivity contribution in [1.82, 2.24) is 10.3 Å². The van der Waals surface area contributed by atoms with Gasteiger partial charge in [0.2, 0.25) is 0 Å². The molecule has 110 valence electrons. The van der Waals surface area contributed by atoms with Crippen molar-refractivity contribution in [1.29, 1.82) is 0 Å². The van der Waals surface area contributed by atoms with E-state index in [9.17, 15) is 13.6 Å². The van der Waals surface area contributed by atoms with Gasteiger partial charge in [0.1, 0.15) is 17.3 Å². The number of nitrogens with one attached hydrogen (secondary N) is 2. The van der Waals surface area contributed by atoms with Crippen molar-refractivity contribution in [3.63, 3.8) is 0 Å². The van der Waals surface area contributed by atoms with Gasteiger partial charge in [-0.15, -0.1) is 0 Å². The molecule has 4 nitrogen and oxygen atoms in total. The molecule has 1 aromatic heterocycles. The molecule has 1 aromatic carbocycles. The average molecular weight is 291 g/mol. The van der Waals surface area contributed by atoms with E-state index in [0.717, 1.165) is 18.6 Å². The Hall–Kier alpha value is -2.50. The lowest BCUT2D eigenvalue weighted by Gasteiger charge is -2.08. The number of halogens is 2. The Balaban J connectivity index is 2.07. The number of carbonyl (C=O) groups is 1. The molecule has 0 saturated carbocycles. The van der Waals surface area contributed by atoms with E-state index in [1.807, 2.05) is 6.92 Å². The Morgan fingerprint density at radius 2 is 2.05 bits per heavy atom. The van der Waals surface area contributed by atoms with Crippen molar-refractivity contribution in [2.75, 3.05) is 11.9 Å². The van der Waals surface area contributed by atoms with E-state index < -0.39 is 11.6 Å². The van der Waals surface area contributed by atoms with E-state index in [4.69, 9.17) is 0 Å². The second-order valence-electron chi connectivity index (χ2n) is 4.44. The van der Waals surface area contributed by atoms with Gasteiger partial charge in [0.25, 0.3) is 5.91 Å². The Labute approximate surface area is 121 Å². The molecule has 2 N–H and O–H groups in total. The fourth-order valence-corrected chi connectivity index (χ4v) is 1.68. The number of aromatic nitrogens is 1. The molecule has 2 aromatic rings. The highest BCUT2D eigenvalue weighted by atomic mass is 19.1. The van der Waals surface area contributed by atoms with Crippen LogP contribution in [0.4, 0.5) is 20.2 Å². The first-order chi connectivity index (χ1) is 10.1. The Kier molecular flexibility index (Phi) is 4.81. The molecule has 0 atom stereocenters. The van der Waals surface area contributed by atoms with E-state index in [2.05, 4.69) is 15.6 Å². The number of rotatable bonds is 5. The molecule has 0 saturated heterocycles. The van der Waals surface area contributed by atoms with Crippen LogP contribution in [0.15, 0.2) is 36.5 Å². The maximum absolute atomic E-state index is 13.5. The maximum Gasteiger partial charge on any atom is 0.269 e. The van der Waals surface area contributed by atoms with E-state index in [-0.39, 0.29) is 17.3 Å². The first-order valence-corrected chi connectivity index (χ1v) is 6.56. The second kappa shape index (κ2) is 6.78. The number of amides is 1. The van der Waals surface area contributed by atoms with Crippen molar-refractivity contribution < 1.29 is 13.6 Å². The highest BCUT2D eigenvalue weighted by molar-refractivity contribution is 5.92. The second-order valence-corrected chi connectivity index (χ2v) is 4.44. The summed E-state index contributed by atoms with van der Waals surface area (Å²) in [5.74, 6) is -1.59. The molecule has 0 unspecified atom stereocenters. The smallest absolute Gasteiger partial charge is 0.269 e. The molecule has 0 fully saturated rings. The van der Waals surface area contributed by atoms with E-state index in [1.165, 1.54) is 18.3 Å². The van der Waals surface area contributed by atoms with E-state index in [1.54, 1.807) is 6.07 Å². The Morgan fingerprint density at radius 3 is 2.67 bits per heavy atom. The summed E-state index contributed by atoms with van der Waals surface area (Å²) in [7, 11) is 0. The van der Waals surface area contributed by atoms with Crippen LogP contribution in [0.25, 0.3) is 0 Å². The van der Waals surface area contributed by atoms with Crippen LogP contribution < -0.4 is 10.6 Å². The monoisotopic (exact) mass is 291 g/mol. The molecule has 6 heteroatoms. The largest absolute Gasteiger partial charge is 0.352 e. The summed E-state index contributed by atoms with van der Waals surface area (Å²) in [5.41, 5.74) is 0.933. The summed E-state index contributed by atoms with van der Waals surface area (Å²) in [4.78, 5) is 15.7. The van der Waals surface area contributed by atoms with Gasteiger partial charge in [-0.1, -0.05) is 6.92 Å². The van der Waals surface area contributed by atoms with Crippen LogP contribution >= 0.6 is 0 Å². The van der Waals surface area contributed by atoms with Crippen LogP contribution in [-0.4, -0.2) is 17.4 Å². The molecule has 1 heterocycles. The Morgan fingerprint density at radius 1 is 1.24 bits per heavy atom. The number of nitrogens with zero attached hydrogens (tertiary/aromatic N) is 1. The molecule has 1 amide bonds. The van der Waals surface area contributed by atoms with E-state index in [0.29, 0.717) is 12.2 Å². The third-order valence-electron chi connectivity index (χ3n) is 2.74. The third kappa shape index (κ3) is 3.98. The number of carbonyl (C=O) groups excluding carboxylic acids is 1. The normalized spacial score (nSPS) is 10.2. The van der Waals surface area contributed by atoms with Crippen LogP contribution in [0.2, 0.25) is 0 Å². The molecular formula is C15H15F2N3O. The SMILES string of the molecule is CCCNC(=O)c1ccc(Nc2ccc(F)cc2F)cn1. The lowest BCUT2D eigenvalue weighted by Crippen LogP contribution is -2.24. The number of hydrogen-bond donors (Lipinski definition) is 2. The zero-order valence-corrected chi connectivity index (χ0v) is 11.5. The van der Waals surface area contributed by atoms with Crippen LogP contribution in [0.1, 0.15) is 23.8 Å². The van der Waals surface area contributed by atoms with Gasteiger partial charge < -0.3 is 10.6 Å². The fraction of sp³-hybridized carbons (Fsp3) is 0.200. The Bertz CT molecular complexity index is 629. The standard InChI is InChI=1S/C15H15F2N3O/c1-2-7-18-15(21)14-6-4-11(9-19-14)20-13-5-3-10(16)8-12(13)17/h3-6,8-9,20H,2,7H2,1H3,(H,18,21). The summed E-state index contributed by atoms with van der Waals surface area (Å²) in [6.07, 6.45) is 2.26. The van der Waals surface area contributed by atoms with Gasteiger partial charge >= 0.3 is 0 Å². The van der Waals surface area contributed by atoms with Crippen LogP contribution in [0.3, 0.4) is 0 Å². The van der Waals surface area contributed by atoms with Crippen molar-refractivity contribution in [2.24, 2.45) is 0 Å². The van der Waals surface area contributed by atoms with Gasteiger partial charge in [0, 0.05) is 12.6 Å². The van der Waals surface area contributed by atoms with Crippen LogP contribution in [0.5, 0.6) is 0 Å². The molecule has 0 aliphatic carbocycles. The molecule has 21 heavy (non-hydrogen) atoms. The molecule has 0 spiro atoms. The van der Waals surface area contributed by atoms with Gasteiger partial charge in [-0.3, -0.25) is 4.79 Å². The van der Waals surface area contributed by atoms with Crippen molar-refractivity contribution in [3.8, 4) is 0 Å². The minimum absolute atomic E-state index is 0.140. The van der Waals surface area contributed by atoms with Crippen molar-refractivity contribution >= 4 is 17.3 Å². The molecular weight excluding hydrogens is 276 g/mol. The van der Waals surface area contributed by atoms with Crippen molar-refractivity contribution in [2.45, 2.75) is 13.3 Å². The predicted molar refractivity (Wildman–Crippen MR) is 76.5 cm³/mol. The summed E-state index contributed by atoms with van der Waals surface area (Å²) in [6, 6.07) is 6.39. The number of hydrogen-bond acceptors (Lipinski definition) is 3. The van der Waals surface area contributed by atoms with Gasteiger partial charge in [-0.2, -0.15) is 0 Å². The molecule has 0 radical (unpaired) electrons. The van der Waals surface area contributed by atoms with Gasteiger partial charge in [-0.05, 0) is 30.7 Å². The van der Waals surface area contributed by atoms with Crippen molar-refractivity contribution in [3.05, 3.63) is 53.9 Å². The highest BCUT2D eigenvalue weighted by Gasteiger charge is 2.07. The van der Waals surface area contributed by atoms with Gasteiger partial charge in [0.05, 0.1) is 17.6 Å². The summed E-state index contributed by atoms with van der Waals surface area (Å²) in [5, 5.41) is 5.48. The minimum atomic E-state index is -0.695. The molecule has 0 aliphatic heterocycles.